The molecular weight excluding hydrogens is 293 g/mol. The second-order valence-corrected chi connectivity index (χ2v) is 6.81. The predicted molar refractivity (Wildman–Crippen MR) is 72.1 cm³/mol. The first-order valence-corrected chi connectivity index (χ1v) is 7.66. The second-order valence-electron chi connectivity index (χ2n) is 4.70. The number of aliphatic hydroxyl groups excluding tert-OH is 1. The minimum absolute atomic E-state index is 0.00694. The Morgan fingerprint density at radius 2 is 2.11 bits per heavy atom. The van der Waals surface area contributed by atoms with Crippen molar-refractivity contribution < 1.29 is 17.9 Å². The van der Waals surface area contributed by atoms with Gasteiger partial charge in [0.25, 0.3) is 0 Å². The van der Waals surface area contributed by atoms with Crippen molar-refractivity contribution in [3.05, 3.63) is 29.0 Å². The summed E-state index contributed by atoms with van der Waals surface area (Å²) in [7, 11) is -4.04. The lowest BCUT2D eigenvalue weighted by molar-refractivity contribution is 0.141. The van der Waals surface area contributed by atoms with Crippen LogP contribution in [-0.2, 0) is 10.0 Å². The molecule has 1 aromatic carbocycles. The van der Waals surface area contributed by atoms with E-state index < -0.39 is 26.2 Å². The molecule has 0 saturated heterocycles. The van der Waals surface area contributed by atoms with Crippen LogP contribution in [0, 0.1) is 11.2 Å². The van der Waals surface area contributed by atoms with Crippen molar-refractivity contribution in [2.75, 3.05) is 13.2 Å². The van der Waals surface area contributed by atoms with Gasteiger partial charge in [-0.25, -0.2) is 17.5 Å². The van der Waals surface area contributed by atoms with Crippen LogP contribution in [0.25, 0.3) is 0 Å². The number of rotatable bonds is 6. The average molecular weight is 310 g/mol. The Morgan fingerprint density at radius 3 is 2.58 bits per heavy atom. The number of sulfonamides is 1. The van der Waals surface area contributed by atoms with Crippen molar-refractivity contribution in [1.29, 1.82) is 0 Å². The van der Waals surface area contributed by atoms with Gasteiger partial charge in [0, 0.05) is 18.6 Å². The van der Waals surface area contributed by atoms with E-state index in [1.807, 2.05) is 6.92 Å². The molecular formula is C12H17ClFNO3S. The van der Waals surface area contributed by atoms with Crippen molar-refractivity contribution in [3.63, 3.8) is 0 Å². The molecule has 4 nitrogen and oxygen atoms in total. The van der Waals surface area contributed by atoms with Crippen LogP contribution >= 0.6 is 11.6 Å². The topological polar surface area (TPSA) is 66.4 Å². The van der Waals surface area contributed by atoms with Gasteiger partial charge in [-0.2, -0.15) is 0 Å². The molecule has 0 radical (unpaired) electrons. The number of benzene rings is 1. The summed E-state index contributed by atoms with van der Waals surface area (Å²) >= 11 is 5.72. The van der Waals surface area contributed by atoms with Gasteiger partial charge < -0.3 is 5.11 Å². The van der Waals surface area contributed by atoms with E-state index >= 15 is 0 Å². The Morgan fingerprint density at radius 1 is 1.47 bits per heavy atom. The molecule has 7 heteroatoms. The van der Waals surface area contributed by atoms with Crippen molar-refractivity contribution >= 4 is 21.6 Å². The number of halogens is 2. The number of hydrogen-bond acceptors (Lipinski definition) is 3. The highest BCUT2D eigenvalue weighted by Crippen LogP contribution is 2.25. The molecule has 0 aliphatic heterocycles. The lowest BCUT2D eigenvalue weighted by atomic mass is 9.89. The molecule has 0 saturated carbocycles. The minimum Gasteiger partial charge on any atom is -0.396 e. The first-order valence-electron chi connectivity index (χ1n) is 5.80. The van der Waals surface area contributed by atoms with Gasteiger partial charge in [-0.3, -0.25) is 0 Å². The predicted octanol–water partition coefficient (Wildman–Crippen LogP) is 2.17. The molecule has 1 atom stereocenters. The van der Waals surface area contributed by atoms with Crippen LogP contribution in [0.1, 0.15) is 20.3 Å². The largest absolute Gasteiger partial charge is 0.396 e. The molecule has 19 heavy (non-hydrogen) atoms. The van der Waals surface area contributed by atoms with Crippen LogP contribution < -0.4 is 4.72 Å². The Balaban J connectivity index is 3.00. The zero-order chi connectivity index (χ0) is 14.7. The van der Waals surface area contributed by atoms with Crippen molar-refractivity contribution in [3.8, 4) is 0 Å². The zero-order valence-corrected chi connectivity index (χ0v) is 12.4. The van der Waals surface area contributed by atoms with E-state index in [1.54, 1.807) is 6.92 Å². The maximum atomic E-state index is 13.6. The van der Waals surface area contributed by atoms with Crippen LogP contribution in [0.5, 0.6) is 0 Å². The van der Waals surface area contributed by atoms with E-state index in [1.165, 1.54) is 12.1 Å². The highest BCUT2D eigenvalue weighted by molar-refractivity contribution is 7.89. The van der Waals surface area contributed by atoms with E-state index in [2.05, 4.69) is 4.72 Å². The molecule has 0 amide bonds. The molecule has 0 aliphatic rings. The van der Waals surface area contributed by atoms with E-state index in [0.29, 0.717) is 6.42 Å². The number of aliphatic hydroxyl groups is 1. The van der Waals surface area contributed by atoms with Crippen LogP contribution in [-0.4, -0.2) is 26.7 Å². The van der Waals surface area contributed by atoms with Gasteiger partial charge in [0.15, 0.2) is 0 Å². The Labute approximate surface area is 117 Å². The lowest BCUT2D eigenvalue weighted by Crippen LogP contribution is -2.38. The summed E-state index contributed by atoms with van der Waals surface area (Å²) in [6, 6.07) is 3.68. The van der Waals surface area contributed by atoms with Gasteiger partial charge in [-0.05, 0) is 18.6 Å². The third-order valence-corrected chi connectivity index (χ3v) is 5.02. The lowest BCUT2D eigenvalue weighted by Gasteiger charge is -2.25. The summed E-state index contributed by atoms with van der Waals surface area (Å²) in [5, 5.41) is 9.06. The highest BCUT2D eigenvalue weighted by atomic mass is 35.5. The van der Waals surface area contributed by atoms with Gasteiger partial charge in [0.1, 0.15) is 10.7 Å². The summed E-state index contributed by atoms with van der Waals surface area (Å²) in [5.41, 5.74) is -0.592. The summed E-state index contributed by atoms with van der Waals surface area (Å²) in [6.45, 7) is 3.41. The van der Waals surface area contributed by atoms with Gasteiger partial charge in [0.2, 0.25) is 10.0 Å². The molecule has 1 rings (SSSR count). The second kappa shape index (κ2) is 6.17. The molecule has 0 bridgehead atoms. The van der Waals surface area contributed by atoms with Crippen LogP contribution in [0.3, 0.4) is 0 Å². The third kappa shape index (κ3) is 3.89. The Bertz CT molecular complexity index is 524. The fourth-order valence-corrected chi connectivity index (χ4v) is 3.17. The van der Waals surface area contributed by atoms with Crippen molar-refractivity contribution in [1.82, 2.24) is 4.72 Å². The normalized spacial score (nSPS) is 15.2. The summed E-state index contributed by atoms with van der Waals surface area (Å²) < 4.78 is 39.9. The van der Waals surface area contributed by atoms with E-state index in [-0.39, 0.29) is 18.2 Å². The fraction of sp³-hybridized carbons (Fsp3) is 0.500. The summed E-state index contributed by atoms with van der Waals surface area (Å²) in [4.78, 5) is -0.562. The number of nitrogens with one attached hydrogen (secondary N) is 1. The van der Waals surface area contributed by atoms with Crippen LogP contribution in [0.15, 0.2) is 23.1 Å². The Kier molecular flexibility index (Phi) is 5.32. The molecule has 0 heterocycles. The molecule has 108 valence electrons. The summed E-state index contributed by atoms with van der Waals surface area (Å²) in [5.74, 6) is -0.901. The highest BCUT2D eigenvalue weighted by Gasteiger charge is 2.27. The van der Waals surface area contributed by atoms with Crippen molar-refractivity contribution in [2.24, 2.45) is 5.41 Å². The quantitative estimate of drug-likeness (QED) is 0.846. The molecule has 1 aromatic rings. The molecule has 0 aromatic heterocycles. The molecule has 0 spiro atoms. The van der Waals surface area contributed by atoms with E-state index in [9.17, 15) is 17.9 Å². The fourth-order valence-electron chi connectivity index (χ4n) is 1.37. The third-order valence-electron chi connectivity index (χ3n) is 3.11. The smallest absolute Gasteiger partial charge is 0.244 e. The molecule has 2 N–H and O–H groups in total. The molecule has 0 aliphatic carbocycles. The first-order chi connectivity index (χ1) is 8.75. The SMILES string of the molecule is CC[C@@](C)(CO)CNS(=O)(=O)c1c(F)cccc1Cl. The average Bonchev–Trinajstić information content (AvgIpc) is 2.35. The number of hydrogen-bond donors (Lipinski definition) is 2. The van der Waals surface area contributed by atoms with E-state index in [4.69, 9.17) is 11.6 Å². The maximum absolute atomic E-state index is 13.6. The van der Waals surface area contributed by atoms with Crippen molar-refractivity contribution in [2.45, 2.75) is 25.2 Å². The zero-order valence-electron chi connectivity index (χ0n) is 10.8. The standard InChI is InChI=1S/C12H17ClFNO3S/c1-3-12(2,8-16)7-15-19(17,18)11-9(13)5-4-6-10(11)14/h4-6,15-16H,3,7-8H2,1-2H3/t12-/m1/s1. The maximum Gasteiger partial charge on any atom is 0.244 e. The minimum atomic E-state index is -4.04. The van der Waals surface area contributed by atoms with Gasteiger partial charge in [-0.15, -0.1) is 0 Å². The Hall–Kier alpha value is -0.690. The van der Waals surface area contributed by atoms with Crippen LogP contribution in [0.4, 0.5) is 4.39 Å². The van der Waals surface area contributed by atoms with Gasteiger partial charge in [-0.1, -0.05) is 31.5 Å². The van der Waals surface area contributed by atoms with E-state index in [0.717, 1.165) is 6.07 Å². The summed E-state index contributed by atoms with van der Waals surface area (Å²) in [6.07, 6.45) is 0.580. The monoisotopic (exact) mass is 309 g/mol. The van der Waals surface area contributed by atoms with Gasteiger partial charge in [0.05, 0.1) is 5.02 Å². The molecule has 0 unspecified atom stereocenters. The van der Waals surface area contributed by atoms with Gasteiger partial charge >= 0.3 is 0 Å². The first kappa shape index (κ1) is 16.4. The molecule has 0 fully saturated rings. The van der Waals surface area contributed by atoms with Crippen LogP contribution in [0.2, 0.25) is 5.02 Å².